The summed E-state index contributed by atoms with van der Waals surface area (Å²) >= 11 is 8.59. The molecule has 136 valence electrons. The molecule has 0 bridgehead atoms. The summed E-state index contributed by atoms with van der Waals surface area (Å²) < 4.78 is 27.8. The molecular weight excluding hydrogens is 400 g/mol. The first-order valence-corrected chi connectivity index (χ1v) is 11.4. The first-order chi connectivity index (χ1) is 11.9. The summed E-state index contributed by atoms with van der Waals surface area (Å²) in [7, 11) is -1.75. The van der Waals surface area contributed by atoms with Crippen LogP contribution in [0.2, 0.25) is 4.34 Å². The molecule has 5 nitrogen and oxygen atoms in total. The van der Waals surface area contributed by atoms with E-state index in [1.165, 1.54) is 27.0 Å². The van der Waals surface area contributed by atoms with Crippen molar-refractivity contribution in [3.8, 4) is 0 Å². The van der Waals surface area contributed by atoms with Crippen molar-refractivity contribution in [1.29, 1.82) is 0 Å². The van der Waals surface area contributed by atoms with Gasteiger partial charge in [0, 0.05) is 25.0 Å². The number of hydrogen-bond acceptors (Lipinski definition) is 5. The summed E-state index contributed by atoms with van der Waals surface area (Å²) in [5.74, 6) is -0.320. The van der Waals surface area contributed by atoms with Gasteiger partial charge in [0.1, 0.15) is 4.21 Å². The fourth-order valence-electron chi connectivity index (χ4n) is 2.96. The molecule has 1 saturated heterocycles. The lowest BCUT2D eigenvalue weighted by Crippen LogP contribution is -2.45. The highest BCUT2D eigenvalue weighted by molar-refractivity contribution is 7.91. The molecule has 2 aromatic rings. The Morgan fingerprint density at radius 1 is 1.40 bits per heavy atom. The molecule has 1 aliphatic heterocycles. The van der Waals surface area contributed by atoms with Crippen LogP contribution >= 0.6 is 34.3 Å². The van der Waals surface area contributed by atoms with Crippen LogP contribution in [0.1, 0.15) is 17.7 Å². The van der Waals surface area contributed by atoms with Crippen molar-refractivity contribution in [2.75, 3.05) is 20.1 Å². The molecule has 1 amide bonds. The van der Waals surface area contributed by atoms with Gasteiger partial charge in [0.15, 0.2) is 0 Å². The lowest BCUT2D eigenvalue weighted by molar-refractivity contribution is -0.135. The molecule has 0 saturated carbocycles. The maximum Gasteiger partial charge on any atom is 0.252 e. The summed E-state index contributed by atoms with van der Waals surface area (Å²) in [6.07, 6.45) is 1.41. The molecule has 0 radical (unpaired) electrons. The van der Waals surface area contributed by atoms with E-state index in [9.17, 15) is 13.2 Å². The zero-order valence-corrected chi connectivity index (χ0v) is 16.9. The Balaban J connectivity index is 1.67. The second-order valence-electron chi connectivity index (χ2n) is 6.03. The predicted octanol–water partition coefficient (Wildman–Crippen LogP) is 3.52. The SMILES string of the molecule is CN(Cc1ccc(Cl)s1)C(=O)[C@@H]1CCCN(S(=O)(=O)c2cccs2)C1. The van der Waals surface area contributed by atoms with Gasteiger partial charge in [-0.05, 0) is 36.4 Å². The molecule has 0 unspecified atom stereocenters. The molecule has 0 spiro atoms. The standard InChI is InChI=1S/C16H19ClN2O3S3/c1-18(11-13-6-7-14(17)24-13)16(20)12-4-2-8-19(10-12)25(21,22)15-5-3-9-23-15/h3,5-7,9,12H,2,4,8,10-11H2,1H3/t12-/m1/s1. The number of thiophene rings is 2. The van der Waals surface area contributed by atoms with Crippen LogP contribution in [0.15, 0.2) is 33.9 Å². The zero-order chi connectivity index (χ0) is 18.0. The third-order valence-corrected chi connectivity index (χ3v) is 8.67. The molecular formula is C16H19ClN2O3S3. The monoisotopic (exact) mass is 418 g/mol. The maximum absolute atomic E-state index is 12.7. The normalized spacial score (nSPS) is 19.0. The molecule has 2 aromatic heterocycles. The quantitative estimate of drug-likeness (QED) is 0.746. The van der Waals surface area contributed by atoms with Gasteiger partial charge in [-0.1, -0.05) is 17.7 Å². The molecule has 9 heteroatoms. The third-order valence-electron chi connectivity index (χ3n) is 4.22. The molecule has 3 heterocycles. The minimum Gasteiger partial charge on any atom is -0.340 e. The summed E-state index contributed by atoms with van der Waals surface area (Å²) in [4.78, 5) is 15.4. The van der Waals surface area contributed by atoms with E-state index in [0.29, 0.717) is 34.5 Å². The first kappa shape index (κ1) is 18.8. The van der Waals surface area contributed by atoms with Gasteiger partial charge in [0.05, 0.1) is 16.8 Å². The summed E-state index contributed by atoms with van der Waals surface area (Å²) in [5, 5.41) is 1.75. The van der Waals surface area contributed by atoms with E-state index in [1.54, 1.807) is 29.5 Å². The largest absolute Gasteiger partial charge is 0.340 e. The smallest absolute Gasteiger partial charge is 0.252 e. The van der Waals surface area contributed by atoms with Crippen LogP contribution in [0, 0.1) is 5.92 Å². The topological polar surface area (TPSA) is 57.7 Å². The molecule has 1 fully saturated rings. The van der Waals surface area contributed by atoms with Crippen molar-refractivity contribution in [2.45, 2.75) is 23.6 Å². The minimum absolute atomic E-state index is 0.0180. The second-order valence-corrected chi connectivity index (χ2v) is 10.9. The van der Waals surface area contributed by atoms with E-state index in [-0.39, 0.29) is 18.4 Å². The van der Waals surface area contributed by atoms with Gasteiger partial charge in [-0.15, -0.1) is 22.7 Å². The molecule has 1 atom stereocenters. The van der Waals surface area contributed by atoms with Crippen LogP contribution in [0.25, 0.3) is 0 Å². The van der Waals surface area contributed by atoms with E-state index in [4.69, 9.17) is 11.6 Å². The highest BCUT2D eigenvalue weighted by Crippen LogP contribution is 2.28. The van der Waals surface area contributed by atoms with Crippen molar-refractivity contribution < 1.29 is 13.2 Å². The van der Waals surface area contributed by atoms with Crippen molar-refractivity contribution in [3.63, 3.8) is 0 Å². The fraction of sp³-hybridized carbons (Fsp3) is 0.438. The Kier molecular flexibility index (Phi) is 5.85. The van der Waals surface area contributed by atoms with Crippen LogP contribution in [-0.2, 0) is 21.4 Å². The summed E-state index contributed by atoms with van der Waals surface area (Å²) in [6, 6.07) is 7.06. The second kappa shape index (κ2) is 7.75. The number of nitrogens with zero attached hydrogens (tertiary/aromatic N) is 2. The number of halogens is 1. The van der Waals surface area contributed by atoms with Crippen molar-refractivity contribution >= 4 is 50.2 Å². The Hall–Kier alpha value is -0.930. The van der Waals surface area contributed by atoms with Crippen LogP contribution in [0.5, 0.6) is 0 Å². The average Bonchev–Trinajstić information content (AvgIpc) is 3.26. The van der Waals surface area contributed by atoms with Crippen molar-refractivity contribution in [2.24, 2.45) is 5.92 Å². The Labute approximate surface area is 160 Å². The fourth-order valence-corrected chi connectivity index (χ4v) is 6.77. The number of sulfonamides is 1. The number of hydrogen-bond donors (Lipinski definition) is 0. The molecule has 25 heavy (non-hydrogen) atoms. The van der Waals surface area contributed by atoms with E-state index in [0.717, 1.165) is 4.88 Å². The highest BCUT2D eigenvalue weighted by atomic mass is 35.5. The number of carbonyl (C=O) groups excluding carboxylic acids is 1. The van der Waals surface area contributed by atoms with Gasteiger partial charge in [-0.2, -0.15) is 4.31 Å². The summed E-state index contributed by atoms with van der Waals surface area (Å²) in [5.41, 5.74) is 0. The Bertz CT molecular complexity index is 833. The number of rotatable bonds is 5. The number of amides is 1. The average molecular weight is 419 g/mol. The minimum atomic E-state index is -3.50. The van der Waals surface area contributed by atoms with Crippen molar-refractivity contribution in [3.05, 3.63) is 38.9 Å². The van der Waals surface area contributed by atoms with Crippen LogP contribution in [0.4, 0.5) is 0 Å². The zero-order valence-electron chi connectivity index (χ0n) is 13.7. The van der Waals surface area contributed by atoms with Gasteiger partial charge in [-0.25, -0.2) is 8.42 Å². The molecule has 0 aromatic carbocycles. The van der Waals surface area contributed by atoms with Gasteiger partial charge in [-0.3, -0.25) is 4.79 Å². The van der Waals surface area contributed by atoms with Gasteiger partial charge in [0.2, 0.25) is 5.91 Å². The number of carbonyl (C=O) groups is 1. The molecule has 3 rings (SSSR count). The van der Waals surface area contributed by atoms with Crippen molar-refractivity contribution in [1.82, 2.24) is 9.21 Å². The number of piperidine rings is 1. The Morgan fingerprint density at radius 3 is 2.84 bits per heavy atom. The van der Waals surface area contributed by atoms with Crippen LogP contribution in [0.3, 0.4) is 0 Å². The first-order valence-electron chi connectivity index (χ1n) is 7.91. The third kappa shape index (κ3) is 4.25. The predicted molar refractivity (Wildman–Crippen MR) is 102 cm³/mol. The van der Waals surface area contributed by atoms with E-state index < -0.39 is 10.0 Å². The lowest BCUT2D eigenvalue weighted by Gasteiger charge is -2.32. The Morgan fingerprint density at radius 2 is 2.20 bits per heavy atom. The molecule has 1 aliphatic rings. The van der Waals surface area contributed by atoms with E-state index >= 15 is 0 Å². The van der Waals surface area contributed by atoms with Crippen LogP contribution < -0.4 is 0 Å². The summed E-state index contributed by atoms with van der Waals surface area (Å²) in [6.45, 7) is 1.20. The van der Waals surface area contributed by atoms with Gasteiger partial charge >= 0.3 is 0 Å². The van der Waals surface area contributed by atoms with Gasteiger partial charge in [0.25, 0.3) is 10.0 Å². The lowest BCUT2D eigenvalue weighted by atomic mass is 9.98. The van der Waals surface area contributed by atoms with E-state index in [1.807, 2.05) is 12.1 Å². The highest BCUT2D eigenvalue weighted by Gasteiger charge is 2.34. The molecule has 0 aliphatic carbocycles. The van der Waals surface area contributed by atoms with Crippen LogP contribution in [-0.4, -0.2) is 43.7 Å². The van der Waals surface area contributed by atoms with E-state index in [2.05, 4.69) is 0 Å². The maximum atomic E-state index is 12.7. The molecule has 0 N–H and O–H groups in total. The van der Waals surface area contributed by atoms with Gasteiger partial charge < -0.3 is 4.90 Å².